The van der Waals surface area contributed by atoms with Gasteiger partial charge < -0.3 is 10.4 Å². The molecule has 0 heterocycles. The van der Waals surface area contributed by atoms with Crippen LogP contribution in [0.15, 0.2) is 24.3 Å². The number of carbonyl (C=O) groups excluding carboxylic acids is 1. The first-order valence-electron chi connectivity index (χ1n) is 4.23. The molecular formula is C9H13N3O2. The molecule has 0 spiro atoms. The predicted octanol–water partition coefficient (Wildman–Crippen LogP) is -0.306. The molecule has 1 aromatic carbocycles. The highest BCUT2D eigenvalue weighted by Crippen LogP contribution is 2.08. The Labute approximate surface area is 81.9 Å². The van der Waals surface area contributed by atoms with E-state index in [9.17, 15) is 4.79 Å². The fourth-order valence-electron chi connectivity index (χ4n) is 1.02. The Balaban J connectivity index is 2.63. The topological polar surface area (TPSA) is 87.4 Å². The lowest BCUT2D eigenvalue weighted by atomic mass is 10.2. The van der Waals surface area contributed by atoms with Gasteiger partial charge in [-0.25, -0.2) is 5.84 Å². The van der Waals surface area contributed by atoms with Crippen molar-refractivity contribution in [2.75, 3.05) is 18.5 Å². The van der Waals surface area contributed by atoms with Crippen LogP contribution in [0.5, 0.6) is 0 Å². The van der Waals surface area contributed by atoms with E-state index in [-0.39, 0.29) is 12.5 Å². The summed E-state index contributed by atoms with van der Waals surface area (Å²) in [7, 11) is 0. The highest BCUT2D eigenvalue weighted by atomic mass is 16.3. The summed E-state index contributed by atoms with van der Waals surface area (Å²) in [5.41, 5.74) is 3.40. The summed E-state index contributed by atoms with van der Waals surface area (Å²) in [6.07, 6.45) is 0. The summed E-state index contributed by atoms with van der Waals surface area (Å²) in [6, 6.07) is 6.81. The molecule has 0 atom stereocenters. The Hall–Kier alpha value is -1.59. The summed E-state index contributed by atoms with van der Waals surface area (Å²) in [6.45, 7) is 0.563. The van der Waals surface area contributed by atoms with Gasteiger partial charge in [-0.2, -0.15) is 0 Å². The number of aliphatic hydroxyl groups excluding tert-OH is 1. The third-order valence-electron chi connectivity index (χ3n) is 1.72. The van der Waals surface area contributed by atoms with Crippen LogP contribution in [0.2, 0.25) is 0 Å². The molecule has 0 saturated carbocycles. The number of hydrogen-bond acceptors (Lipinski definition) is 4. The van der Waals surface area contributed by atoms with E-state index in [4.69, 9.17) is 10.9 Å². The molecule has 0 aliphatic carbocycles. The summed E-state index contributed by atoms with van der Waals surface area (Å²) in [5, 5.41) is 11.5. The molecule has 0 saturated heterocycles. The fourth-order valence-corrected chi connectivity index (χ4v) is 1.02. The number of benzene rings is 1. The zero-order valence-electron chi connectivity index (χ0n) is 7.66. The lowest BCUT2D eigenvalue weighted by Crippen LogP contribution is -2.29. The predicted molar refractivity (Wildman–Crippen MR) is 53.7 cm³/mol. The average Bonchev–Trinajstić information content (AvgIpc) is 2.26. The molecule has 0 unspecified atom stereocenters. The quantitative estimate of drug-likeness (QED) is 0.301. The van der Waals surface area contributed by atoms with Crippen LogP contribution in [0.25, 0.3) is 0 Å². The number of nitrogens with two attached hydrogens (primary N) is 1. The fraction of sp³-hybridized carbons (Fsp3) is 0.222. The molecule has 0 aromatic heterocycles. The molecule has 5 nitrogen and oxygen atoms in total. The number of carbonyl (C=O) groups is 1. The van der Waals surface area contributed by atoms with Crippen LogP contribution in [-0.4, -0.2) is 24.2 Å². The minimum Gasteiger partial charge on any atom is -0.395 e. The first kappa shape index (κ1) is 10.5. The Morgan fingerprint density at radius 1 is 1.36 bits per heavy atom. The number of nitrogens with one attached hydrogen (secondary N) is 2. The maximum atomic E-state index is 11.0. The van der Waals surface area contributed by atoms with Gasteiger partial charge in [-0.1, -0.05) is 0 Å². The van der Waals surface area contributed by atoms with E-state index >= 15 is 0 Å². The van der Waals surface area contributed by atoms with Crippen molar-refractivity contribution in [2.24, 2.45) is 5.84 Å². The van der Waals surface area contributed by atoms with Crippen LogP contribution in [0.4, 0.5) is 5.69 Å². The molecule has 76 valence electrons. The van der Waals surface area contributed by atoms with Crippen LogP contribution in [0.1, 0.15) is 10.4 Å². The van der Waals surface area contributed by atoms with Crippen molar-refractivity contribution in [3.63, 3.8) is 0 Å². The first-order valence-corrected chi connectivity index (χ1v) is 4.23. The second-order valence-electron chi connectivity index (χ2n) is 2.70. The molecule has 0 bridgehead atoms. The number of amides is 1. The standard InChI is InChI=1S/C9H13N3O2/c10-12-9(14)7-1-3-8(4-2-7)11-5-6-13/h1-4,11,13H,5-6,10H2,(H,12,14). The molecule has 1 aromatic rings. The van der Waals surface area contributed by atoms with E-state index in [1.165, 1.54) is 0 Å². The first-order chi connectivity index (χ1) is 6.77. The van der Waals surface area contributed by atoms with Crippen molar-refractivity contribution in [2.45, 2.75) is 0 Å². The molecule has 0 aliphatic rings. The molecule has 14 heavy (non-hydrogen) atoms. The Bertz CT molecular complexity index is 297. The monoisotopic (exact) mass is 195 g/mol. The van der Waals surface area contributed by atoms with Gasteiger partial charge in [-0.05, 0) is 24.3 Å². The highest BCUT2D eigenvalue weighted by Gasteiger charge is 2.01. The van der Waals surface area contributed by atoms with Crippen LogP contribution < -0.4 is 16.6 Å². The molecule has 0 aliphatic heterocycles. The van der Waals surface area contributed by atoms with Crippen LogP contribution in [0, 0.1) is 0 Å². The van der Waals surface area contributed by atoms with Crippen molar-refractivity contribution < 1.29 is 9.90 Å². The lowest BCUT2D eigenvalue weighted by molar-refractivity contribution is 0.0953. The van der Waals surface area contributed by atoms with Gasteiger partial charge in [0.1, 0.15) is 0 Å². The summed E-state index contributed by atoms with van der Waals surface area (Å²) >= 11 is 0. The molecular weight excluding hydrogens is 182 g/mol. The molecule has 1 rings (SSSR count). The van der Waals surface area contributed by atoms with E-state index < -0.39 is 0 Å². The summed E-state index contributed by atoms with van der Waals surface area (Å²) in [4.78, 5) is 11.0. The van der Waals surface area contributed by atoms with Crippen LogP contribution in [-0.2, 0) is 0 Å². The zero-order valence-corrected chi connectivity index (χ0v) is 7.66. The summed E-state index contributed by atoms with van der Waals surface area (Å²) < 4.78 is 0. The average molecular weight is 195 g/mol. The van der Waals surface area contributed by atoms with Crippen molar-refractivity contribution in [1.29, 1.82) is 0 Å². The normalized spacial score (nSPS) is 9.57. The van der Waals surface area contributed by atoms with Gasteiger partial charge >= 0.3 is 0 Å². The summed E-state index contributed by atoms with van der Waals surface area (Å²) in [5.74, 6) is 4.65. The van der Waals surface area contributed by atoms with Crippen LogP contribution >= 0.6 is 0 Å². The lowest BCUT2D eigenvalue weighted by Gasteiger charge is -2.04. The van der Waals surface area contributed by atoms with E-state index in [1.54, 1.807) is 24.3 Å². The van der Waals surface area contributed by atoms with Gasteiger partial charge in [0.25, 0.3) is 5.91 Å². The third kappa shape index (κ3) is 2.72. The number of hydrazine groups is 1. The minimum absolute atomic E-state index is 0.0744. The number of anilines is 1. The van der Waals surface area contributed by atoms with E-state index in [1.807, 2.05) is 5.43 Å². The molecule has 0 radical (unpaired) electrons. The van der Waals surface area contributed by atoms with Crippen molar-refractivity contribution >= 4 is 11.6 Å². The van der Waals surface area contributed by atoms with Gasteiger partial charge in [-0.15, -0.1) is 0 Å². The number of rotatable bonds is 4. The Morgan fingerprint density at radius 2 is 2.00 bits per heavy atom. The van der Waals surface area contributed by atoms with E-state index in [2.05, 4.69) is 5.32 Å². The molecule has 5 heteroatoms. The van der Waals surface area contributed by atoms with Crippen molar-refractivity contribution in [3.05, 3.63) is 29.8 Å². The maximum absolute atomic E-state index is 11.0. The second kappa shape index (κ2) is 5.21. The van der Waals surface area contributed by atoms with Gasteiger partial charge in [0, 0.05) is 17.8 Å². The van der Waals surface area contributed by atoms with Crippen LogP contribution in [0.3, 0.4) is 0 Å². The maximum Gasteiger partial charge on any atom is 0.265 e. The van der Waals surface area contributed by atoms with Gasteiger partial charge in [0.15, 0.2) is 0 Å². The highest BCUT2D eigenvalue weighted by molar-refractivity contribution is 5.94. The van der Waals surface area contributed by atoms with Crippen molar-refractivity contribution in [3.8, 4) is 0 Å². The van der Waals surface area contributed by atoms with E-state index in [0.29, 0.717) is 12.1 Å². The third-order valence-corrected chi connectivity index (χ3v) is 1.72. The van der Waals surface area contributed by atoms with Gasteiger partial charge in [0.2, 0.25) is 0 Å². The molecule has 5 N–H and O–H groups in total. The largest absolute Gasteiger partial charge is 0.395 e. The SMILES string of the molecule is NNC(=O)c1ccc(NCCO)cc1. The number of aliphatic hydroxyl groups is 1. The Kier molecular flexibility index (Phi) is 3.90. The Morgan fingerprint density at radius 3 is 2.50 bits per heavy atom. The molecule has 1 amide bonds. The van der Waals surface area contributed by atoms with E-state index in [0.717, 1.165) is 5.69 Å². The number of nitrogen functional groups attached to an aromatic ring is 1. The smallest absolute Gasteiger partial charge is 0.265 e. The van der Waals surface area contributed by atoms with Crippen molar-refractivity contribution in [1.82, 2.24) is 5.43 Å². The molecule has 0 fully saturated rings. The van der Waals surface area contributed by atoms with Gasteiger partial charge in [-0.3, -0.25) is 10.2 Å². The van der Waals surface area contributed by atoms with Gasteiger partial charge in [0.05, 0.1) is 6.61 Å². The second-order valence-corrected chi connectivity index (χ2v) is 2.70. The zero-order chi connectivity index (χ0) is 10.4. The minimum atomic E-state index is -0.321. The number of hydrogen-bond donors (Lipinski definition) is 4.